The van der Waals surface area contributed by atoms with E-state index in [0.717, 1.165) is 31.2 Å². The zero-order valence-corrected chi connectivity index (χ0v) is 12.3. The van der Waals surface area contributed by atoms with Gasteiger partial charge in [-0.15, -0.1) is 6.58 Å². The average molecular weight is 250 g/mol. The van der Waals surface area contributed by atoms with Gasteiger partial charge in [0.15, 0.2) is 0 Å². The first-order chi connectivity index (χ1) is 8.38. The van der Waals surface area contributed by atoms with Gasteiger partial charge in [0.1, 0.15) is 11.5 Å². The van der Waals surface area contributed by atoms with Gasteiger partial charge in [-0.1, -0.05) is 6.08 Å². The number of nitrogens with zero attached hydrogens (tertiary/aromatic N) is 1. The molecule has 1 N–H and O–H groups in total. The highest BCUT2D eigenvalue weighted by atomic mass is 16.3. The van der Waals surface area contributed by atoms with Crippen LogP contribution in [0.15, 0.2) is 23.1 Å². The molecule has 0 aliphatic carbocycles. The van der Waals surface area contributed by atoms with Crippen molar-refractivity contribution in [3.63, 3.8) is 0 Å². The lowest BCUT2D eigenvalue weighted by atomic mass is 10.1. The molecule has 0 saturated heterocycles. The van der Waals surface area contributed by atoms with Crippen LogP contribution in [0.25, 0.3) is 0 Å². The van der Waals surface area contributed by atoms with E-state index in [1.165, 1.54) is 5.56 Å². The lowest BCUT2D eigenvalue weighted by molar-refractivity contribution is 0.133. The minimum absolute atomic E-state index is 0.109. The Morgan fingerprint density at radius 2 is 2.11 bits per heavy atom. The number of rotatable bonds is 6. The van der Waals surface area contributed by atoms with Crippen molar-refractivity contribution in [2.45, 2.75) is 46.3 Å². The zero-order chi connectivity index (χ0) is 13.8. The van der Waals surface area contributed by atoms with Crippen LogP contribution >= 0.6 is 0 Å². The molecule has 0 aliphatic rings. The van der Waals surface area contributed by atoms with Crippen LogP contribution in [-0.2, 0) is 13.1 Å². The molecule has 0 atom stereocenters. The minimum atomic E-state index is 0.109. The molecule has 1 heterocycles. The first-order valence-corrected chi connectivity index (χ1v) is 6.47. The van der Waals surface area contributed by atoms with E-state index in [-0.39, 0.29) is 5.54 Å². The van der Waals surface area contributed by atoms with Gasteiger partial charge in [0.05, 0.1) is 13.1 Å². The first-order valence-electron chi connectivity index (χ1n) is 6.47. The molecule has 0 bridgehead atoms. The normalized spacial score (nSPS) is 12.1. The molecule has 0 fully saturated rings. The van der Waals surface area contributed by atoms with Crippen LogP contribution in [0, 0.1) is 6.92 Å². The van der Waals surface area contributed by atoms with E-state index >= 15 is 0 Å². The second-order valence-corrected chi connectivity index (χ2v) is 5.69. The van der Waals surface area contributed by atoms with E-state index in [9.17, 15) is 0 Å². The van der Waals surface area contributed by atoms with E-state index in [4.69, 9.17) is 4.42 Å². The highest BCUT2D eigenvalue weighted by Crippen LogP contribution is 2.21. The summed E-state index contributed by atoms with van der Waals surface area (Å²) in [7, 11) is 1.93. The molecule has 3 nitrogen and oxygen atoms in total. The molecule has 0 amide bonds. The van der Waals surface area contributed by atoms with Crippen molar-refractivity contribution in [1.82, 2.24) is 10.2 Å². The molecule has 0 aliphatic heterocycles. The van der Waals surface area contributed by atoms with E-state index in [0.29, 0.717) is 0 Å². The van der Waals surface area contributed by atoms with Crippen molar-refractivity contribution in [3.8, 4) is 0 Å². The maximum absolute atomic E-state index is 5.89. The number of nitrogens with one attached hydrogen (secondary N) is 1. The molecule has 18 heavy (non-hydrogen) atoms. The Kier molecular flexibility index (Phi) is 5.17. The monoisotopic (exact) mass is 250 g/mol. The second kappa shape index (κ2) is 6.21. The summed E-state index contributed by atoms with van der Waals surface area (Å²) in [5.41, 5.74) is 1.32. The topological polar surface area (TPSA) is 28.4 Å². The van der Waals surface area contributed by atoms with E-state index < -0.39 is 0 Å². The van der Waals surface area contributed by atoms with Crippen molar-refractivity contribution in [3.05, 3.63) is 35.8 Å². The average Bonchev–Trinajstić information content (AvgIpc) is 2.58. The predicted molar refractivity (Wildman–Crippen MR) is 76.6 cm³/mol. The maximum atomic E-state index is 5.89. The van der Waals surface area contributed by atoms with Crippen molar-refractivity contribution in [1.29, 1.82) is 0 Å². The summed E-state index contributed by atoms with van der Waals surface area (Å²) in [6, 6.07) is 2.13. The van der Waals surface area contributed by atoms with Crippen LogP contribution in [-0.4, -0.2) is 24.0 Å². The number of aryl methyl sites for hydroxylation is 1. The third kappa shape index (κ3) is 4.00. The fourth-order valence-electron chi connectivity index (χ4n) is 1.92. The van der Waals surface area contributed by atoms with Crippen LogP contribution in [0.4, 0.5) is 0 Å². The molecule has 0 unspecified atom stereocenters. The standard InChI is InChI=1S/C15H26N2O/c1-7-8-17(15(3,4)5)11-13-9-12(2)14(18-13)10-16-6/h7,9,16H,1,8,10-11H2,2-6H3. The van der Waals surface area contributed by atoms with Gasteiger partial charge in [0.25, 0.3) is 0 Å². The van der Waals surface area contributed by atoms with Gasteiger partial charge in [-0.05, 0) is 46.4 Å². The number of hydrogen-bond donors (Lipinski definition) is 1. The quantitative estimate of drug-likeness (QED) is 0.786. The van der Waals surface area contributed by atoms with E-state index in [1.54, 1.807) is 0 Å². The summed E-state index contributed by atoms with van der Waals surface area (Å²) < 4.78 is 5.89. The fourth-order valence-corrected chi connectivity index (χ4v) is 1.92. The first kappa shape index (κ1) is 15.0. The molecule has 0 aromatic carbocycles. The van der Waals surface area contributed by atoms with Crippen LogP contribution in [0.1, 0.15) is 37.9 Å². The minimum Gasteiger partial charge on any atom is -0.463 e. The highest BCUT2D eigenvalue weighted by Gasteiger charge is 2.21. The summed E-state index contributed by atoms with van der Waals surface area (Å²) in [4.78, 5) is 2.35. The number of furan rings is 1. The maximum Gasteiger partial charge on any atom is 0.120 e. The van der Waals surface area contributed by atoms with Gasteiger partial charge >= 0.3 is 0 Å². The van der Waals surface area contributed by atoms with Gasteiger partial charge in [-0.2, -0.15) is 0 Å². The Morgan fingerprint density at radius 3 is 2.61 bits per heavy atom. The van der Waals surface area contributed by atoms with Crippen molar-refractivity contribution >= 4 is 0 Å². The second-order valence-electron chi connectivity index (χ2n) is 5.69. The van der Waals surface area contributed by atoms with Crippen LogP contribution < -0.4 is 5.32 Å². The largest absolute Gasteiger partial charge is 0.463 e. The van der Waals surface area contributed by atoms with E-state index in [1.807, 2.05) is 13.1 Å². The summed E-state index contributed by atoms with van der Waals surface area (Å²) in [5, 5.41) is 3.12. The molecule has 1 aromatic heterocycles. The zero-order valence-electron chi connectivity index (χ0n) is 12.3. The Morgan fingerprint density at radius 1 is 1.44 bits per heavy atom. The van der Waals surface area contributed by atoms with E-state index in [2.05, 4.69) is 50.6 Å². The van der Waals surface area contributed by atoms with Crippen LogP contribution in [0.3, 0.4) is 0 Å². The molecule has 1 aromatic rings. The third-order valence-electron chi connectivity index (χ3n) is 3.05. The molecule has 0 radical (unpaired) electrons. The molecule has 102 valence electrons. The van der Waals surface area contributed by atoms with Crippen molar-refractivity contribution in [2.75, 3.05) is 13.6 Å². The van der Waals surface area contributed by atoms with Gasteiger partial charge < -0.3 is 9.73 Å². The molecule has 3 heteroatoms. The number of hydrogen-bond acceptors (Lipinski definition) is 3. The third-order valence-corrected chi connectivity index (χ3v) is 3.05. The smallest absolute Gasteiger partial charge is 0.120 e. The van der Waals surface area contributed by atoms with Gasteiger partial charge in [0, 0.05) is 12.1 Å². The Hall–Kier alpha value is -1.06. The molecular formula is C15H26N2O. The molecule has 0 saturated carbocycles. The Labute approximate surface area is 111 Å². The predicted octanol–water partition coefficient (Wildman–Crippen LogP) is 3.09. The summed E-state index contributed by atoms with van der Waals surface area (Å²) >= 11 is 0. The van der Waals surface area contributed by atoms with Gasteiger partial charge in [-0.3, -0.25) is 4.90 Å². The van der Waals surface area contributed by atoms with Crippen LogP contribution in [0.2, 0.25) is 0 Å². The fraction of sp³-hybridized carbons (Fsp3) is 0.600. The van der Waals surface area contributed by atoms with Gasteiger partial charge in [0.2, 0.25) is 0 Å². The molecular weight excluding hydrogens is 224 g/mol. The molecule has 1 rings (SSSR count). The van der Waals surface area contributed by atoms with Crippen molar-refractivity contribution in [2.24, 2.45) is 0 Å². The Bertz CT molecular complexity index is 388. The van der Waals surface area contributed by atoms with Gasteiger partial charge in [-0.25, -0.2) is 0 Å². The lowest BCUT2D eigenvalue weighted by Crippen LogP contribution is -2.40. The lowest BCUT2D eigenvalue weighted by Gasteiger charge is -2.34. The highest BCUT2D eigenvalue weighted by molar-refractivity contribution is 5.20. The summed E-state index contributed by atoms with van der Waals surface area (Å²) in [5.74, 6) is 2.05. The summed E-state index contributed by atoms with van der Waals surface area (Å²) in [6.07, 6.45) is 1.94. The van der Waals surface area contributed by atoms with Crippen molar-refractivity contribution < 1.29 is 4.42 Å². The SMILES string of the molecule is C=CCN(Cc1cc(C)c(CNC)o1)C(C)(C)C. The van der Waals surface area contributed by atoms with Crippen LogP contribution in [0.5, 0.6) is 0 Å². The molecule has 0 spiro atoms. The Balaban J connectivity index is 2.81. The summed E-state index contributed by atoms with van der Waals surface area (Å²) in [6.45, 7) is 15.0.